The van der Waals surface area contributed by atoms with E-state index in [1.807, 2.05) is 32.0 Å². The van der Waals surface area contributed by atoms with Crippen LogP contribution in [0.5, 0.6) is 5.75 Å². The summed E-state index contributed by atoms with van der Waals surface area (Å²) in [6, 6.07) is 5.79. The number of carbonyl (C=O) groups is 2. The van der Waals surface area contributed by atoms with Crippen LogP contribution in [0.2, 0.25) is 0 Å². The Kier molecular flexibility index (Phi) is 6.32. The summed E-state index contributed by atoms with van der Waals surface area (Å²) in [7, 11) is 2.98. The molecular weight excluding hydrogens is 330 g/mol. The highest BCUT2D eigenvalue weighted by Gasteiger charge is 2.46. The quantitative estimate of drug-likeness (QED) is 0.814. The van der Waals surface area contributed by atoms with Gasteiger partial charge >= 0.3 is 5.97 Å². The number of esters is 1. The van der Waals surface area contributed by atoms with Gasteiger partial charge in [0.1, 0.15) is 11.3 Å². The molecule has 0 spiro atoms. The van der Waals surface area contributed by atoms with E-state index in [-0.39, 0.29) is 11.9 Å². The number of amides is 1. The molecule has 1 aliphatic rings. The third-order valence-electron chi connectivity index (χ3n) is 5.86. The molecule has 2 rings (SSSR count). The van der Waals surface area contributed by atoms with Crippen molar-refractivity contribution in [2.75, 3.05) is 14.2 Å². The van der Waals surface area contributed by atoms with E-state index in [0.29, 0.717) is 30.4 Å². The zero-order valence-corrected chi connectivity index (χ0v) is 16.7. The van der Waals surface area contributed by atoms with Crippen LogP contribution in [0.1, 0.15) is 57.1 Å². The Balaban J connectivity index is 2.26. The molecular formula is C21H31NO4. The van der Waals surface area contributed by atoms with Crippen molar-refractivity contribution >= 4 is 11.9 Å². The molecule has 0 saturated heterocycles. The Morgan fingerprint density at radius 3 is 2.50 bits per heavy atom. The van der Waals surface area contributed by atoms with Crippen molar-refractivity contribution in [1.29, 1.82) is 0 Å². The maximum absolute atomic E-state index is 13.0. The number of carbonyl (C=O) groups excluding carboxylic acids is 2. The van der Waals surface area contributed by atoms with Crippen LogP contribution in [0, 0.1) is 18.8 Å². The molecule has 1 aliphatic carbocycles. The zero-order valence-electron chi connectivity index (χ0n) is 16.7. The molecule has 1 aromatic carbocycles. The van der Waals surface area contributed by atoms with Gasteiger partial charge in [-0.2, -0.15) is 0 Å². The third kappa shape index (κ3) is 4.02. The van der Waals surface area contributed by atoms with Gasteiger partial charge in [0.15, 0.2) is 0 Å². The van der Waals surface area contributed by atoms with Gasteiger partial charge in [0.05, 0.1) is 20.1 Å². The lowest BCUT2D eigenvalue weighted by atomic mass is 9.71. The summed E-state index contributed by atoms with van der Waals surface area (Å²) in [6.07, 6.45) is 2.10. The van der Waals surface area contributed by atoms with Crippen molar-refractivity contribution in [3.8, 4) is 5.75 Å². The molecule has 1 aromatic rings. The normalized spacial score (nSPS) is 26.7. The summed E-state index contributed by atoms with van der Waals surface area (Å²) in [5.41, 5.74) is 0.941. The number of benzene rings is 1. The number of aryl methyl sites for hydroxylation is 1. The molecule has 4 unspecified atom stereocenters. The van der Waals surface area contributed by atoms with E-state index in [0.717, 1.165) is 17.5 Å². The lowest BCUT2D eigenvalue weighted by Gasteiger charge is -2.41. The van der Waals surface area contributed by atoms with Gasteiger partial charge in [0.25, 0.3) is 0 Å². The topological polar surface area (TPSA) is 64.6 Å². The molecule has 5 heteroatoms. The molecule has 1 amide bonds. The first-order valence-corrected chi connectivity index (χ1v) is 9.29. The predicted octanol–water partition coefficient (Wildman–Crippen LogP) is 3.59. The molecule has 5 nitrogen and oxygen atoms in total. The fourth-order valence-corrected chi connectivity index (χ4v) is 3.82. The Morgan fingerprint density at radius 1 is 1.23 bits per heavy atom. The van der Waals surface area contributed by atoms with Crippen LogP contribution in [0.25, 0.3) is 0 Å². The number of nitrogens with one attached hydrogen (secondary N) is 1. The van der Waals surface area contributed by atoms with Crippen molar-refractivity contribution in [3.05, 3.63) is 29.3 Å². The summed E-state index contributed by atoms with van der Waals surface area (Å²) in [5.74, 6) is 0.589. The van der Waals surface area contributed by atoms with Crippen LogP contribution in [-0.2, 0) is 14.3 Å². The summed E-state index contributed by atoms with van der Waals surface area (Å²) < 4.78 is 10.5. The fourth-order valence-electron chi connectivity index (χ4n) is 3.82. The molecule has 1 fully saturated rings. The molecule has 1 saturated carbocycles. The van der Waals surface area contributed by atoms with E-state index in [2.05, 4.69) is 19.2 Å². The van der Waals surface area contributed by atoms with Crippen LogP contribution in [0.15, 0.2) is 18.2 Å². The highest BCUT2D eigenvalue weighted by Crippen LogP contribution is 2.38. The Morgan fingerprint density at radius 2 is 1.92 bits per heavy atom. The Hall–Kier alpha value is -2.04. The van der Waals surface area contributed by atoms with E-state index in [1.54, 1.807) is 7.11 Å². The largest absolute Gasteiger partial charge is 0.496 e. The van der Waals surface area contributed by atoms with E-state index < -0.39 is 11.5 Å². The minimum Gasteiger partial charge on any atom is -0.496 e. The molecule has 144 valence electrons. The van der Waals surface area contributed by atoms with E-state index in [4.69, 9.17) is 9.47 Å². The molecule has 0 aliphatic heterocycles. The second-order valence-corrected chi connectivity index (χ2v) is 7.73. The third-order valence-corrected chi connectivity index (χ3v) is 5.86. The van der Waals surface area contributed by atoms with E-state index in [1.165, 1.54) is 7.11 Å². The highest BCUT2D eigenvalue weighted by molar-refractivity contribution is 5.91. The van der Waals surface area contributed by atoms with Crippen LogP contribution < -0.4 is 10.1 Å². The van der Waals surface area contributed by atoms with Crippen molar-refractivity contribution in [2.45, 2.75) is 58.4 Å². The minimum atomic E-state index is -0.941. The van der Waals surface area contributed by atoms with Crippen LogP contribution in [0.4, 0.5) is 0 Å². The molecule has 1 N–H and O–H groups in total. The highest BCUT2D eigenvalue weighted by atomic mass is 16.5. The standard InChI is InChI=1S/C21H31NO4/c1-13-7-8-17(18(11-13)25-5)16(4)19(23)22-21(20(24)26-6)10-9-14(2)15(3)12-21/h7-8,11,14-16H,9-10,12H2,1-6H3,(H,22,23). The van der Waals surface area contributed by atoms with Crippen molar-refractivity contribution in [2.24, 2.45) is 11.8 Å². The summed E-state index contributed by atoms with van der Waals surface area (Å²) in [6.45, 7) is 8.13. The van der Waals surface area contributed by atoms with Gasteiger partial charge in [-0.05, 0) is 56.6 Å². The number of hydrogen-bond donors (Lipinski definition) is 1. The van der Waals surface area contributed by atoms with E-state index >= 15 is 0 Å². The lowest BCUT2D eigenvalue weighted by Crippen LogP contribution is -2.59. The van der Waals surface area contributed by atoms with Gasteiger partial charge in [-0.1, -0.05) is 26.0 Å². The molecule has 26 heavy (non-hydrogen) atoms. The lowest BCUT2D eigenvalue weighted by molar-refractivity contribution is -0.154. The minimum absolute atomic E-state index is 0.181. The zero-order chi connectivity index (χ0) is 19.5. The first-order chi connectivity index (χ1) is 12.2. The first-order valence-electron chi connectivity index (χ1n) is 9.29. The van der Waals surface area contributed by atoms with Crippen molar-refractivity contribution in [1.82, 2.24) is 5.32 Å². The van der Waals surface area contributed by atoms with Crippen molar-refractivity contribution in [3.63, 3.8) is 0 Å². The van der Waals surface area contributed by atoms with E-state index in [9.17, 15) is 9.59 Å². The predicted molar refractivity (Wildman–Crippen MR) is 101 cm³/mol. The molecule has 0 heterocycles. The van der Waals surface area contributed by atoms with Gasteiger partial charge in [0.2, 0.25) is 5.91 Å². The summed E-state index contributed by atoms with van der Waals surface area (Å²) in [5, 5.41) is 3.03. The van der Waals surface area contributed by atoms with Crippen LogP contribution >= 0.6 is 0 Å². The molecule has 4 atom stereocenters. The second kappa shape index (κ2) is 8.11. The number of hydrogen-bond acceptors (Lipinski definition) is 4. The van der Waals surface area contributed by atoms with Gasteiger partial charge in [-0.25, -0.2) is 4.79 Å². The molecule has 0 radical (unpaired) electrons. The van der Waals surface area contributed by atoms with Crippen LogP contribution in [-0.4, -0.2) is 31.6 Å². The molecule has 0 aromatic heterocycles. The summed E-state index contributed by atoms with van der Waals surface area (Å²) >= 11 is 0. The molecule has 0 bridgehead atoms. The van der Waals surface area contributed by atoms with Gasteiger partial charge < -0.3 is 14.8 Å². The number of methoxy groups -OCH3 is 2. The number of rotatable bonds is 5. The second-order valence-electron chi connectivity index (χ2n) is 7.73. The van der Waals surface area contributed by atoms with Gasteiger partial charge in [-0.3, -0.25) is 4.79 Å². The SMILES string of the molecule is COC(=O)C1(NC(=O)C(C)c2ccc(C)cc2OC)CCC(C)C(C)C1. The average Bonchev–Trinajstić information content (AvgIpc) is 2.63. The maximum atomic E-state index is 13.0. The average molecular weight is 361 g/mol. The fraction of sp³-hybridized carbons (Fsp3) is 0.619. The van der Waals surface area contributed by atoms with Gasteiger partial charge in [-0.15, -0.1) is 0 Å². The smallest absolute Gasteiger partial charge is 0.331 e. The monoisotopic (exact) mass is 361 g/mol. The number of ether oxygens (including phenoxy) is 2. The maximum Gasteiger partial charge on any atom is 0.331 e. The Labute approximate surface area is 156 Å². The Bertz CT molecular complexity index is 672. The van der Waals surface area contributed by atoms with Gasteiger partial charge in [0, 0.05) is 5.56 Å². The first kappa shape index (κ1) is 20.3. The summed E-state index contributed by atoms with van der Waals surface area (Å²) in [4.78, 5) is 25.5. The van der Waals surface area contributed by atoms with Crippen molar-refractivity contribution < 1.29 is 19.1 Å². The van der Waals surface area contributed by atoms with Crippen LogP contribution in [0.3, 0.4) is 0 Å².